The van der Waals surface area contributed by atoms with Crippen LogP contribution < -0.4 is 15.0 Å². The maximum Gasteiger partial charge on any atom is 0.228 e. The molecule has 1 unspecified atom stereocenters. The van der Waals surface area contributed by atoms with Crippen LogP contribution in [0.5, 0.6) is 5.75 Å². The zero-order chi connectivity index (χ0) is 20.2. The summed E-state index contributed by atoms with van der Waals surface area (Å²) in [5.74, 6) is -0.872. The quantitative estimate of drug-likeness (QED) is 0.756. The van der Waals surface area contributed by atoms with E-state index in [0.717, 1.165) is 0 Å². The van der Waals surface area contributed by atoms with Gasteiger partial charge >= 0.3 is 0 Å². The van der Waals surface area contributed by atoms with Crippen molar-refractivity contribution in [3.63, 3.8) is 0 Å². The number of rotatable bonds is 7. The molecule has 1 amide bonds. The third-order valence-corrected chi connectivity index (χ3v) is 6.26. The number of nitrogens with zero attached hydrogens (tertiary/aromatic N) is 1. The van der Waals surface area contributed by atoms with E-state index in [4.69, 9.17) is 16.3 Å². The number of ether oxygens (including phenoxy) is 1. The van der Waals surface area contributed by atoms with Crippen LogP contribution in [0.2, 0.25) is 5.02 Å². The van der Waals surface area contributed by atoms with Crippen LogP contribution in [-0.4, -0.2) is 41.3 Å². The Bertz CT molecular complexity index is 912. The minimum Gasteiger partial charge on any atom is -0.497 e. The van der Waals surface area contributed by atoms with Crippen LogP contribution in [0.1, 0.15) is 6.92 Å². The molecule has 0 spiro atoms. The number of hydrogen-bond acceptors (Lipinski definition) is 5. The summed E-state index contributed by atoms with van der Waals surface area (Å²) in [6.07, 6.45) is 0. The fourth-order valence-corrected chi connectivity index (χ4v) is 4.51. The van der Waals surface area contributed by atoms with Gasteiger partial charge in [0.1, 0.15) is 5.75 Å². The summed E-state index contributed by atoms with van der Waals surface area (Å²) >= 11 is 6.20. The van der Waals surface area contributed by atoms with Crippen molar-refractivity contribution in [3.05, 3.63) is 47.5 Å². The molecule has 27 heavy (non-hydrogen) atoms. The van der Waals surface area contributed by atoms with E-state index in [0.29, 0.717) is 22.1 Å². The number of amides is 1. The molecule has 146 valence electrons. The summed E-state index contributed by atoms with van der Waals surface area (Å²) in [5.41, 5.74) is 1.20. The molecule has 0 bridgehead atoms. The Balaban J connectivity index is 2.15. The highest BCUT2D eigenvalue weighted by molar-refractivity contribution is 7.91. The number of carbonyl (C=O) groups excluding carboxylic acids is 1. The topological polar surface area (TPSA) is 75.7 Å². The predicted octanol–water partition coefficient (Wildman–Crippen LogP) is 3.46. The summed E-state index contributed by atoms with van der Waals surface area (Å²) in [6, 6.07) is 11.3. The number of methoxy groups -OCH3 is 1. The van der Waals surface area contributed by atoms with Crippen LogP contribution in [0.4, 0.5) is 11.4 Å². The van der Waals surface area contributed by atoms with Gasteiger partial charge in [0.25, 0.3) is 0 Å². The van der Waals surface area contributed by atoms with E-state index in [9.17, 15) is 13.2 Å². The fraction of sp³-hybridized carbons (Fsp3) is 0.316. The first-order valence-corrected chi connectivity index (χ1v) is 10.3. The molecule has 0 saturated heterocycles. The number of sulfone groups is 1. The minimum absolute atomic E-state index is 0.152. The van der Waals surface area contributed by atoms with E-state index in [1.165, 1.54) is 19.2 Å². The molecule has 2 rings (SSSR count). The highest BCUT2D eigenvalue weighted by Gasteiger charge is 2.24. The van der Waals surface area contributed by atoms with Gasteiger partial charge in [0, 0.05) is 20.0 Å². The molecule has 1 atom stereocenters. The van der Waals surface area contributed by atoms with Crippen molar-refractivity contribution in [1.82, 2.24) is 0 Å². The summed E-state index contributed by atoms with van der Waals surface area (Å²) in [7, 11) is 1.53. The standard InChI is InChI=1S/C19H23ClN2O4S/c1-13(12-27(24,25)15-10-8-14(26-4)9-11-15)19(23)21-17-7-5-6-16(20)18(17)22(2)3/h5-11,13H,12H2,1-4H3,(H,21,23). The Hall–Kier alpha value is -2.25. The van der Waals surface area contributed by atoms with Crippen LogP contribution in [0.3, 0.4) is 0 Å². The van der Waals surface area contributed by atoms with Crippen molar-refractivity contribution in [2.24, 2.45) is 5.92 Å². The van der Waals surface area contributed by atoms with Gasteiger partial charge in [0.2, 0.25) is 5.91 Å². The molecule has 8 heteroatoms. The molecular weight excluding hydrogens is 388 g/mol. The lowest BCUT2D eigenvalue weighted by Gasteiger charge is -2.20. The second-order valence-electron chi connectivity index (χ2n) is 6.38. The normalized spacial score (nSPS) is 12.3. The Kier molecular flexibility index (Phi) is 6.73. The second-order valence-corrected chi connectivity index (χ2v) is 8.82. The summed E-state index contributed by atoms with van der Waals surface area (Å²) in [6.45, 7) is 1.58. The molecule has 0 aliphatic carbocycles. The van der Waals surface area contributed by atoms with E-state index in [2.05, 4.69) is 5.32 Å². The molecule has 0 heterocycles. The largest absolute Gasteiger partial charge is 0.497 e. The number of anilines is 2. The van der Waals surface area contributed by atoms with Gasteiger partial charge in [-0.1, -0.05) is 24.6 Å². The Morgan fingerprint density at radius 3 is 2.37 bits per heavy atom. The van der Waals surface area contributed by atoms with E-state index in [-0.39, 0.29) is 10.6 Å². The number of benzene rings is 2. The summed E-state index contributed by atoms with van der Waals surface area (Å²) < 4.78 is 30.2. The molecule has 0 aliphatic heterocycles. The lowest BCUT2D eigenvalue weighted by Crippen LogP contribution is -2.28. The Morgan fingerprint density at radius 2 is 1.81 bits per heavy atom. The second kappa shape index (κ2) is 8.63. The van der Waals surface area contributed by atoms with Gasteiger partial charge in [-0.3, -0.25) is 4.79 Å². The molecule has 1 N–H and O–H groups in total. The van der Waals surface area contributed by atoms with Gasteiger partial charge in [-0.2, -0.15) is 0 Å². The Labute approximate surface area is 165 Å². The summed E-state index contributed by atoms with van der Waals surface area (Å²) in [5, 5.41) is 3.27. The number of hydrogen-bond donors (Lipinski definition) is 1. The van der Waals surface area contributed by atoms with Gasteiger partial charge in [-0.15, -0.1) is 0 Å². The summed E-state index contributed by atoms with van der Waals surface area (Å²) in [4.78, 5) is 14.5. The average molecular weight is 411 g/mol. The molecule has 0 aromatic heterocycles. The zero-order valence-electron chi connectivity index (χ0n) is 15.7. The van der Waals surface area contributed by atoms with E-state index >= 15 is 0 Å². The van der Waals surface area contributed by atoms with Gasteiger partial charge in [0.15, 0.2) is 9.84 Å². The van der Waals surface area contributed by atoms with Crippen molar-refractivity contribution >= 4 is 38.7 Å². The monoisotopic (exact) mass is 410 g/mol. The minimum atomic E-state index is -3.61. The first-order chi connectivity index (χ1) is 12.7. The highest BCUT2D eigenvalue weighted by Crippen LogP contribution is 2.32. The molecule has 6 nitrogen and oxygen atoms in total. The van der Waals surface area contributed by atoms with Crippen molar-refractivity contribution in [2.45, 2.75) is 11.8 Å². The molecule has 0 radical (unpaired) electrons. The van der Waals surface area contributed by atoms with Gasteiger partial charge in [0.05, 0.1) is 34.2 Å². The number of para-hydroxylation sites is 1. The van der Waals surface area contributed by atoms with Gasteiger partial charge < -0.3 is 15.0 Å². The third-order valence-electron chi connectivity index (χ3n) is 4.03. The number of halogens is 1. The molecule has 0 fully saturated rings. The maximum atomic E-state index is 12.6. The Morgan fingerprint density at radius 1 is 1.19 bits per heavy atom. The fourth-order valence-electron chi connectivity index (χ4n) is 2.61. The van der Waals surface area contributed by atoms with E-state index in [1.807, 2.05) is 14.1 Å². The molecular formula is C19H23ClN2O4S. The third kappa shape index (κ3) is 5.14. The first-order valence-electron chi connectivity index (χ1n) is 8.29. The first kappa shape index (κ1) is 21.1. The van der Waals surface area contributed by atoms with Crippen LogP contribution >= 0.6 is 11.6 Å². The van der Waals surface area contributed by atoms with E-state index in [1.54, 1.807) is 42.2 Å². The van der Waals surface area contributed by atoms with Crippen molar-refractivity contribution in [3.8, 4) is 5.75 Å². The zero-order valence-corrected chi connectivity index (χ0v) is 17.3. The van der Waals surface area contributed by atoms with Gasteiger partial charge in [-0.05, 0) is 36.4 Å². The highest BCUT2D eigenvalue weighted by atomic mass is 35.5. The van der Waals surface area contributed by atoms with Crippen LogP contribution in [0.25, 0.3) is 0 Å². The predicted molar refractivity (Wildman–Crippen MR) is 109 cm³/mol. The van der Waals surface area contributed by atoms with Crippen molar-refractivity contribution in [1.29, 1.82) is 0 Å². The maximum absolute atomic E-state index is 12.6. The van der Waals surface area contributed by atoms with Crippen LogP contribution in [0, 0.1) is 5.92 Å². The smallest absolute Gasteiger partial charge is 0.228 e. The number of nitrogens with one attached hydrogen (secondary N) is 1. The lowest BCUT2D eigenvalue weighted by molar-refractivity contribution is -0.118. The molecule has 0 aliphatic rings. The van der Waals surface area contributed by atoms with Crippen LogP contribution in [0.15, 0.2) is 47.4 Å². The van der Waals surface area contributed by atoms with Gasteiger partial charge in [-0.25, -0.2) is 8.42 Å². The van der Waals surface area contributed by atoms with Crippen molar-refractivity contribution in [2.75, 3.05) is 37.2 Å². The van der Waals surface area contributed by atoms with Crippen molar-refractivity contribution < 1.29 is 17.9 Å². The average Bonchev–Trinajstić information content (AvgIpc) is 2.61. The number of carbonyl (C=O) groups is 1. The SMILES string of the molecule is COc1ccc(S(=O)(=O)CC(C)C(=O)Nc2cccc(Cl)c2N(C)C)cc1. The molecule has 0 saturated carbocycles. The van der Waals surface area contributed by atoms with E-state index < -0.39 is 21.7 Å². The molecule has 2 aromatic carbocycles. The lowest BCUT2D eigenvalue weighted by atomic mass is 10.2. The molecule has 2 aromatic rings. The van der Waals surface area contributed by atoms with Crippen LogP contribution in [-0.2, 0) is 14.6 Å².